The minimum absolute atomic E-state index is 0. The molecule has 0 aliphatic carbocycles. The van der Waals surface area contributed by atoms with E-state index >= 15 is 0 Å². The fraction of sp³-hybridized carbons (Fsp3) is 0.651. The number of ketones is 3. The number of ether oxygens (including phenoxy) is 4. The predicted molar refractivity (Wildman–Crippen MR) is 260 cm³/mol. The van der Waals surface area contributed by atoms with Gasteiger partial charge in [0.05, 0.1) is 77.4 Å². The molecule has 14 N–H and O–H groups in total. The van der Waals surface area contributed by atoms with Gasteiger partial charge in [-0.15, -0.1) is 0 Å². The maximum absolute atomic E-state index is 13.5. The molecule has 5 atom stereocenters. The molecule has 0 bridgehead atoms. The number of amides is 5. The van der Waals surface area contributed by atoms with Crippen LogP contribution in [0.4, 0.5) is 0 Å². The van der Waals surface area contributed by atoms with Gasteiger partial charge in [-0.25, -0.2) is 4.79 Å². The average molecular weight is 1070 g/mol. The van der Waals surface area contributed by atoms with E-state index in [9.17, 15) is 48.3 Å². The fourth-order valence-electron chi connectivity index (χ4n) is 6.11. The van der Waals surface area contributed by atoms with E-state index in [2.05, 4.69) is 37.2 Å². The number of aromatic hydroxyl groups is 1. The normalized spacial score (nSPS) is 15.9. The Hall–Kier alpha value is -3.17. The number of unbranched alkanes of at least 4 members (excludes halogenated alkanes) is 1. The third-order valence-electron chi connectivity index (χ3n) is 9.93. The Morgan fingerprint density at radius 1 is 0.761 bits per heavy atom. The molecule has 1 saturated heterocycles. The van der Waals surface area contributed by atoms with Crippen LogP contribution in [0.15, 0.2) is 24.3 Å². The van der Waals surface area contributed by atoms with Gasteiger partial charge >= 0.3 is 57.4 Å². The van der Waals surface area contributed by atoms with Gasteiger partial charge in [0.1, 0.15) is 30.8 Å². The van der Waals surface area contributed by atoms with Crippen LogP contribution in [0.3, 0.4) is 0 Å². The number of rotatable bonds is 37. The molecule has 0 aromatic heterocycles. The molecule has 0 radical (unpaired) electrons. The van der Waals surface area contributed by atoms with Crippen LogP contribution in [0.5, 0.6) is 5.75 Å². The van der Waals surface area contributed by atoms with Crippen LogP contribution in [0.2, 0.25) is 0 Å². The Morgan fingerprint density at radius 3 is 1.92 bits per heavy atom. The maximum atomic E-state index is 13.5. The number of Topliss-reactive ketones (excluding diaryl/α,β-unsaturated/α-hetero) is 3. The number of hydrogen-bond acceptors (Lipinski definition) is 19. The number of nitrogens with two attached hydrogens (primary N) is 2. The first-order valence-corrected chi connectivity index (χ1v) is 25.0. The molecular formula is C43H70KN10O15S2-. The van der Waals surface area contributed by atoms with E-state index in [1.165, 1.54) is 40.6 Å². The van der Waals surface area contributed by atoms with Gasteiger partial charge in [0, 0.05) is 38.7 Å². The Morgan fingerprint density at radius 2 is 1.32 bits per heavy atom. The zero-order chi connectivity index (χ0) is 50.8. The Balaban J connectivity index is 0.0000245. The summed E-state index contributed by atoms with van der Waals surface area (Å²) in [5, 5.41) is 37.8. The number of phenols is 1. The SMILES string of the molecule is CC(=O)NC(CCC(=O)NCCOCCOCC(=O)NCCOCCOCC(=O)NCCCC[C@H](NCC(=O)[C@@H]1CSSC[C@H]([NH-])C(=O)CN1)C(=O)CN[C@@H](Cc1ccc(O)cc1)C(N)=O)C(=O)O.[K+].[NH2-]. The van der Waals surface area contributed by atoms with Crippen molar-refractivity contribution < 1.29 is 124 Å². The average Bonchev–Trinajstić information content (AvgIpc) is 3.38. The first kappa shape index (κ1) is 67.8. The van der Waals surface area contributed by atoms with Gasteiger partial charge in [0.2, 0.25) is 29.5 Å². The molecule has 5 amide bonds. The van der Waals surface area contributed by atoms with Crippen molar-refractivity contribution in [3.8, 4) is 5.75 Å². The zero-order valence-electron chi connectivity index (χ0n) is 40.4. The van der Waals surface area contributed by atoms with E-state index in [0.717, 1.165) is 0 Å². The van der Waals surface area contributed by atoms with Crippen LogP contribution in [-0.4, -0.2) is 197 Å². The summed E-state index contributed by atoms with van der Waals surface area (Å²) in [6.07, 6.45) is 1.32. The van der Waals surface area contributed by atoms with Crippen LogP contribution < -0.4 is 94.3 Å². The second-order valence-electron chi connectivity index (χ2n) is 15.6. The molecular weight excluding hydrogens is 1000 g/mol. The minimum Gasteiger partial charge on any atom is -0.693 e. The molecule has 28 heteroatoms. The van der Waals surface area contributed by atoms with Gasteiger partial charge in [0.15, 0.2) is 11.6 Å². The molecule has 1 fully saturated rings. The van der Waals surface area contributed by atoms with E-state index in [-0.39, 0.29) is 210 Å². The molecule has 1 aliphatic heterocycles. The summed E-state index contributed by atoms with van der Waals surface area (Å²) in [6.45, 7) is 1.91. The van der Waals surface area contributed by atoms with Crippen molar-refractivity contribution in [2.75, 3.05) is 104 Å². The first-order chi connectivity index (χ1) is 33.0. The summed E-state index contributed by atoms with van der Waals surface area (Å²) in [7, 11) is 2.75. The van der Waals surface area contributed by atoms with Gasteiger partial charge in [-0.05, 0) is 55.6 Å². The van der Waals surface area contributed by atoms with E-state index in [0.29, 0.717) is 36.3 Å². The Labute approximate surface area is 464 Å². The Kier molecular flexibility index (Phi) is 39.4. The van der Waals surface area contributed by atoms with E-state index in [4.69, 9.17) is 35.5 Å². The number of aliphatic carboxylic acids is 1. The van der Waals surface area contributed by atoms with Crippen LogP contribution in [0.1, 0.15) is 44.6 Å². The number of hydrogen-bond donors (Lipinski definition) is 10. The quantitative estimate of drug-likeness (QED) is 0.0171. The van der Waals surface area contributed by atoms with Crippen molar-refractivity contribution in [3.05, 3.63) is 41.7 Å². The second kappa shape index (κ2) is 41.2. The third kappa shape index (κ3) is 33.3. The molecule has 25 nitrogen and oxygen atoms in total. The van der Waals surface area contributed by atoms with E-state index < -0.39 is 48.0 Å². The van der Waals surface area contributed by atoms with Crippen LogP contribution in [-0.2, 0) is 68.5 Å². The largest absolute Gasteiger partial charge is 1.00 e. The molecule has 396 valence electrons. The number of nitrogens with one attached hydrogen (secondary N) is 8. The van der Waals surface area contributed by atoms with Crippen molar-refractivity contribution in [1.29, 1.82) is 0 Å². The predicted octanol–water partition coefficient (Wildman–Crippen LogP) is -4.51. The molecule has 1 aromatic carbocycles. The smallest absolute Gasteiger partial charge is 0.693 e. The number of carbonyl (C=O) groups is 9. The van der Waals surface area contributed by atoms with Crippen LogP contribution >= 0.6 is 21.6 Å². The summed E-state index contributed by atoms with van der Waals surface area (Å²) in [4.78, 5) is 110. The number of carboxylic acids is 1. The zero-order valence-corrected chi connectivity index (χ0v) is 45.2. The summed E-state index contributed by atoms with van der Waals surface area (Å²) in [5.74, 6) is -3.63. The van der Waals surface area contributed by atoms with E-state index in [1.54, 1.807) is 12.1 Å². The van der Waals surface area contributed by atoms with Gasteiger partial charge < -0.3 is 73.4 Å². The Bertz CT molecular complexity index is 1790. The minimum atomic E-state index is -1.23. The van der Waals surface area contributed by atoms with Crippen LogP contribution in [0, 0.1) is 0 Å². The molecule has 71 heavy (non-hydrogen) atoms. The van der Waals surface area contributed by atoms with Gasteiger partial charge in [-0.1, -0.05) is 39.8 Å². The topological polar surface area (TPSA) is 399 Å². The van der Waals surface area contributed by atoms with Crippen LogP contribution in [0.25, 0.3) is 11.9 Å². The van der Waals surface area contributed by atoms with Crippen molar-refractivity contribution in [2.24, 2.45) is 5.73 Å². The molecule has 0 spiro atoms. The first-order valence-electron chi connectivity index (χ1n) is 22.5. The summed E-state index contributed by atoms with van der Waals surface area (Å²) in [6, 6.07) is 1.86. The van der Waals surface area contributed by atoms with Crippen molar-refractivity contribution in [1.82, 2.24) is 37.2 Å². The molecule has 2 rings (SSSR count). The molecule has 1 aliphatic rings. The summed E-state index contributed by atoms with van der Waals surface area (Å²) >= 11 is 0. The maximum Gasteiger partial charge on any atom is 1.00 e. The standard InChI is InChI=1S/C43H68N9O15S2.K.H2N/c1-28(53)52-33(43(62)63)9-10-39(58)47-12-14-64-16-19-67-25-41(60)48-13-15-65-17-18-66-24-40(59)46-11-3-2-4-32(49-23-38(57)35-27-69-68-26-31(44)36(55)21-51-35)37(56)22-50-34(42(45)61)20-29-5-7-30(54)8-6-29;;/h5-8,31-35,44,49-51,54H,2-4,9-27H2,1H3,(H2,45,61)(H,46,59)(H,47,58)(H,48,60)(H,52,53)(H,62,63);;1H2/q-1;+1;-1/t31-,32-,33?,34-,35-;;/m0../s1. The number of primary amides is 1. The molecule has 1 heterocycles. The van der Waals surface area contributed by atoms with Gasteiger partial charge in [0.25, 0.3) is 0 Å². The molecule has 1 unspecified atom stereocenters. The van der Waals surface area contributed by atoms with Crippen molar-refractivity contribution in [3.63, 3.8) is 0 Å². The number of carbonyl (C=O) groups excluding carboxylic acids is 8. The second-order valence-corrected chi connectivity index (χ2v) is 18.2. The monoisotopic (exact) mass is 1070 g/mol. The molecule has 0 saturated carbocycles. The van der Waals surface area contributed by atoms with Gasteiger partial charge in [-0.2, -0.15) is 0 Å². The van der Waals surface area contributed by atoms with Gasteiger partial charge in [-0.3, -0.25) is 49.0 Å². The number of carboxylic acid groups (broad SMARTS) is 1. The van der Waals surface area contributed by atoms with Crippen molar-refractivity contribution >= 4 is 74.4 Å². The number of benzene rings is 1. The fourth-order valence-corrected chi connectivity index (χ4v) is 8.46. The van der Waals surface area contributed by atoms with Crippen molar-refractivity contribution in [2.45, 2.75) is 75.7 Å². The third-order valence-corrected chi connectivity index (χ3v) is 12.4. The summed E-state index contributed by atoms with van der Waals surface area (Å²) < 4.78 is 21.4. The summed E-state index contributed by atoms with van der Waals surface area (Å²) in [5.41, 5.74) is 14.2. The van der Waals surface area contributed by atoms with E-state index in [1.807, 2.05) is 0 Å². The number of phenolic OH excluding ortho intramolecular Hbond substituents is 1. The molecule has 1 aromatic rings.